The Bertz CT molecular complexity index is 689. The Balaban J connectivity index is 1.47. The van der Waals surface area contributed by atoms with Crippen LogP contribution in [0.4, 0.5) is 5.69 Å². The van der Waals surface area contributed by atoms with Crippen molar-refractivity contribution in [1.29, 1.82) is 0 Å². The summed E-state index contributed by atoms with van der Waals surface area (Å²) in [5.41, 5.74) is 3.47. The molecule has 0 aromatic heterocycles. The second kappa shape index (κ2) is 6.13. The Labute approximate surface area is 149 Å². The molecule has 3 heterocycles. The summed E-state index contributed by atoms with van der Waals surface area (Å²) in [5.74, 6) is -0.480. The van der Waals surface area contributed by atoms with Crippen LogP contribution in [0.1, 0.15) is 30.4 Å². The molecule has 4 rings (SSSR count). The summed E-state index contributed by atoms with van der Waals surface area (Å²) in [5, 5.41) is 3.42. The van der Waals surface area contributed by atoms with Gasteiger partial charge in [0.1, 0.15) is 5.92 Å². The van der Waals surface area contributed by atoms with Gasteiger partial charge in [-0.25, -0.2) is 0 Å². The molecule has 0 unspecified atom stereocenters. The molecule has 3 aliphatic rings. The molecule has 25 heavy (non-hydrogen) atoms. The van der Waals surface area contributed by atoms with Crippen molar-refractivity contribution < 1.29 is 9.59 Å². The number of rotatable bonds is 2. The van der Waals surface area contributed by atoms with E-state index < -0.39 is 5.92 Å². The van der Waals surface area contributed by atoms with Crippen molar-refractivity contribution in [2.45, 2.75) is 33.1 Å². The molecule has 134 valence electrons. The predicted molar refractivity (Wildman–Crippen MR) is 97.5 cm³/mol. The summed E-state index contributed by atoms with van der Waals surface area (Å²) in [6.45, 7) is 8.38. The highest BCUT2D eigenvalue weighted by Crippen LogP contribution is 2.37. The van der Waals surface area contributed by atoms with Gasteiger partial charge >= 0.3 is 0 Å². The van der Waals surface area contributed by atoms with Crippen molar-refractivity contribution in [3.05, 3.63) is 29.3 Å². The van der Waals surface area contributed by atoms with Crippen molar-refractivity contribution in [1.82, 2.24) is 10.2 Å². The van der Waals surface area contributed by atoms with Crippen LogP contribution in [0.25, 0.3) is 0 Å². The molecule has 2 atom stereocenters. The molecule has 0 radical (unpaired) electrons. The Morgan fingerprint density at radius 3 is 2.60 bits per heavy atom. The minimum absolute atomic E-state index is 0.0273. The highest BCUT2D eigenvalue weighted by molar-refractivity contribution is 6.09. The zero-order valence-electron chi connectivity index (χ0n) is 15.2. The fourth-order valence-corrected chi connectivity index (χ4v) is 4.76. The lowest BCUT2D eigenvalue weighted by Gasteiger charge is -2.24. The average molecular weight is 341 g/mol. The number of carbonyl (C=O) groups excluding carboxylic acids is 2. The van der Waals surface area contributed by atoms with Gasteiger partial charge in [-0.2, -0.15) is 0 Å². The number of hydrogen-bond donors (Lipinski definition) is 1. The van der Waals surface area contributed by atoms with Gasteiger partial charge in [0.2, 0.25) is 11.8 Å². The van der Waals surface area contributed by atoms with Crippen LogP contribution in [0.5, 0.6) is 0 Å². The fraction of sp³-hybridized carbons (Fsp3) is 0.600. The maximum Gasteiger partial charge on any atom is 0.239 e. The van der Waals surface area contributed by atoms with Crippen LogP contribution < -0.4 is 10.2 Å². The molecule has 3 aliphatic heterocycles. The van der Waals surface area contributed by atoms with Gasteiger partial charge in [-0.3, -0.25) is 9.59 Å². The molecule has 1 aromatic carbocycles. The lowest BCUT2D eigenvalue weighted by molar-refractivity contribution is -0.139. The van der Waals surface area contributed by atoms with E-state index in [0.717, 1.165) is 55.8 Å². The van der Waals surface area contributed by atoms with E-state index in [4.69, 9.17) is 0 Å². The monoisotopic (exact) mass is 341 g/mol. The first-order valence-electron chi connectivity index (χ1n) is 9.37. The van der Waals surface area contributed by atoms with Crippen LogP contribution in [0, 0.1) is 25.2 Å². The largest absolute Gasteiger partial charge is 0.341 e. The van der Waals surface area contributed by atoms with Crippen molar-refractivity contribution in [2.75, 3.05) is 37.6 Å². The van der Waals surface area contributed by atoms with E-state index >= 15 is 0 Å². The Morgan fingerprint density at radius 2 is 1.92 bits per heavy atom. The van der Waals surface area contributed by atoms with Gasteiger partial charge in [-0.1, -0.05) is 6.07 Å². The summed E-state index contributed by atoms with van der Waals surface area (Å²) in [6, 6.07) is 6.17. The number of likely N-dealkylation sites (tertiary alicyclic amines) is 1. The molecule has 1 N–H and O–H groups in total. The van der Waals surface area contributed by atoms with E-state index in [0.29, 0.717) is 13.0 Å². The van der Waals surface area contributed by atoms with Crippen molar-refractivity contribution in [3.8, 4) is 0 Å². The molecule has 0 bridgehead atoms. The third-order valence-corrected chi connectivity index (χ3v) is 6.10. The quantitative estimate of drug-likeness (QED) is 0.836. The van der Waals surface area contributed by atoms with Gasteiger partial charge in [0.25, 0.3) is 0 Å². The van der Waals surface area contributed by atoms with E-state index in [1.54, 1.807) is 4.90 Å². The predicted octanol–water partition coefficient (Wildman–Crippen LogP) is 1.87. The number of aryl methyl sites for hydroxylation is 2. The summed E-state index contributed by atoms with van der Waals surface area (Å²) < 4.78 is 0. The van der Waals surface area contributed by atoms with Gasteiger partial charge < -0.3 is 15.1 Å². The first-order chi connectivity index (χ1) is 12.0. The van der Waals surface area contributed by atoms with Gasteiger partial charge in [0.15, 0.2) is 0 Å². The minimum atomic E-state index is -0.495. The van der Waals surface area contributed by atoms with Gasteiger partial charge in [0, 0.05) is 37.3 Å². The molecule has 5 heteroatoms. The number of hydrogen-bond acceptors (Lipinski definition) is 3. The van der Waals surface area contributed by atoms with Crippen molar-refractivity contribution in [3.63, 3.8) is 0 Å². The zero-order chi connectivity index (χ0) is 17.6. The van der Waals surface area contributed by atoms with E-state index in [9.17, 15) is 9.59 Å². The van der Waals surface area contributed by atoms with Gasteiger partial charge in [0.05, 0.1) is 0 Å². The Hall–Kier alpha value is -1.88. The molecule has 1 spiro atoms. The van der Waals surface area contributed by atoms with Crippen LogP contribution in [-0.4, -0.2) is 49.4 Å². The molecule has 0 aliphatic carbocycles. The standard InChI is InChI=1S/C20H27N3O2/c1-14-9-15(2)11-16(10-14)23-7-3-17(19(23)25)18(24)22-8-5-20(13-22)4-6-21-12-20/h9-11,17,21H,3-8,12-13H2,1-2H3/t17-,20-/m1/s1. The number of carbonyl (C=O) groups is 2. The number of anilines is 1. The third kappa shape index (κ3) is 2.95. The first kappa shape index (κ1) is 16.6. The number of nitrogens with zero attached hydrogens (tertiary/aromatic N) is 2. The minimum Gasteiger partial charge on any atom is -0.341 e. The van der Waals surface area contributed by atoms with E-state index in [-0.39, 0.29) is 17.2 Å². The van der Waals surface area contributed by atoms with Crippen LogP contribution in [-0.2, 0) is 9.59 Å². The second-order valence-electron chi connectivity index (χ2n) is 8.11. The van der Waals surface area contributed by atoms with Crippen LogP contribution in [0.2, 0.25) is 0 Å². The maximum absolute atomic E-state index is 13.0. The maximum atomic E-state index is 13.0. The van der Waals surface area contributed by atoms with E-state index in [1.807, 2.05) is 30.9 Å². The second-order valence-corrected chi connectivity index (χ2v) is 8.11. The average Bonchev–Trinajstić information content (AvgIpc) is 3.28. The number of benzene rings is 1. The fourth-order valence-electron chi connectivity index (χ4n) is 4.76. The Kier molecular flexibility index (Phi) is 4.07. The lowest BCUT2D eigenvalue weighted by Crippen LogP contribution is -2.40. The molecular weight excluding hydrogens is 314 g/mol. The highest BCUT2D eigenvalue weighted by atomic mass is 16.2. The van der Waals surface area contributed by atoms with Crippen molar-refractivity contribution >= 4 is 17.5 Å². The summed E-state index contributed by atoms with van der Waals surface area (Å²) >= 11 is 0. The molecule has 1 aromatic rings. The molecular formula is C20H27N3O2. The van der Waals surface area contributed by atoms with E-state index in [1.165, 1.54) is 0 Å². The summed E-state index contributed by atoms with van der Waals surface area (Å²) in [6.07, 6.45) is 2.84. The van der Waals surface area contributed by atoms with Gasteiger partial charge in [-0.05, 0) is 62.9 Å². The smallest absolute Gasteiger partial charge is 0.239 e. The van der Waals surface area contributed by atoms with Crippen LogP contribution >= 0.6 is 0 Å². The molecule has 0 saturated carbocycles. The van der Waals surface area contributed by atoms with Crippen LogP contribution in [0.3, 0.4) is 0 Å². The number of nitrogens with one attached hydrogen (secondary N) is 1. The lowest BCUT2D eigenvalue weighted by atomic mass is 9.86. The molecule has 3 saturated heterocycles. The summed E-state index contributed by atoms with van der Waals surface area (Å²) in [4.78, 5) is 29.6. The third-order valence-electron chi connectivity index (χ3n) is 6.10. The Morgan fingerprint density at radius 1 is 1.16 bits per heavy atom. The summed E-state index contributed by atoms with van der Waals surface area (Å²) in [7, 11) is 0. The molecule has 2 amide bonds. The SMILES string of the molecule is Cc1cc(C)cc(N2CC[C@H](C(=O)N3CC[C@@]4(CCNC4)C3)C2=O)c1. The molecule has 5 nitrogen and oxygen atoms in total. The normalized spacial score (nSPS) is 29.2. The van der Waals surface area contributed by atoms with Crippen LogP contribution in [0.15, 0.2) is 18.2 Å². The van der Waals surface area contributed by atoms with Gasteiger partial charge in [-0.15, -0.1) is 0 Å². The zero-order valence-corrected chi connectivity index (χ0v) is 15.2. The van der Waals surface area contributed by atoms with E-state index in [2.05, 4.69) is 11.4 Å². The number of amides is 2. The molecule has 3 fully saturated rings. The first-order valence-corrected chi connectivity index (χ1v) is 9.37. The topological polar surface area (TPSA) is 52.7 Å². The van der Waals surface area contributed by atoms with Crippen molar-refractivity contribution in [2.24, 2.45) is 11.3 Å². The highest BCUT2D eigenvalue weighted by Gasteiger charge is 2.46.